The van der Waals surface area contributed by atoms with Gasteiger partial charge in [-0.25, -0.2) is 19.7 Å². The lowest BCUT2D eigenvalue weighted by molar-refractivity contribution is -0.192. The van der Waals surface area contributed by atoms with E-state index in [2.05, 4.69) is 15.0 Å². The summed E-state index contributed by atoms with van der Waals surface area (Å²) in [4.78, 5) is 35.4. The third-order valence-corrected chi connectivity index (χ3v) is 4.23. The number of rotatable bonds is 4. The third-order valence-electron chi connectivity index (χ3n) is 4.23. The molecule has 9 nitrogen and oxygen atoms in total. The van der Waals surface area contributed by atoms with Gasteiger partial charge in [-0.15, -0.1) is 0 Å². The highest BCUT2D eigenvalue weighted by Crippen LogP contribution is 2.20. The van der Waals surface area contributed by atoms with E-state index in [-0.39, 0.29) is 12.0 Å². The first-order chi connectivity index (χ1) is 14.6. The normalized spacial score (nSPS) is 16.2. The van der Waals surface area contributed by atoms with E-state index < -0.39 is 12.1 Å². The summed E-state index contributed by atoms with van der Waals surface area (Å²) in [6.07, 6.45) is 1.11. The summed E-state index contributed by atoms with van der Waals surface area (Å²) in [5.74, 6) is -2.26. The molecule has 0 aromatic carbocycles. The number of pyridine rings is 1. The number of aliphatic carboxylic acids is 1. The van der Waals surface area contributed by atoms with Gasteiger partial charge in [-0.3, -0.25) is 4.79 Å². The van der Waals surface area contributed by atoms with Gasteiger partial charge in [0, 0.05) is 37.2 Å². The number of aromatic nitrogens is 3. The molecule has 1 fully saturated rings. The van der Waals surface area contributed by atoms with Gasteiger partial charge in [0.2, 0.25) is 5.88 Å². The molecule has 2 aromatic heterocycles. The van der Waals surface area contributed by atoms with Gasteiger partial charge in [-0.1, -0.05) is 0 Å². The minimum Gasteiger partial charge on any atom is -0.475 e. The van der Waals surface area contributed by atoms with E-state index >= 15 is 0 Å². The highest BCUT2D eigenvalue weighted by atomic mass is 19.4. The average molecular weight is 441 g/mol. The summed E-state index contributed by atoms with van der Waals surface area (Å²) in [6, 6.07) is 3.80. The second-order valence-electron chi connectivity index (χ2n) is 6.72. The lowest BCUT2D eigenvalue weighted by atomic mass is 10.1. The van der Waals surface area contributed by atoms with Crippen molar-refractivity contribution >= 4 is 11.9 Å². The molecule has 0 spiro atoms. The molecule has 0 unspecified atom stereocenters. The fourth-order valence-electron chi connectivity index (χ4n) is 2.87. The van der Waals surface area contributed by atoms with E-state index in [0.29, 0.717) is 31.1 Å². The molecule has 1 saturated heterocycles. The van der Waals surface area contributed by atoms with Crippen molar-refractivity contribution in [3.8, 4) is 5.88 Å². The van der Waals surface area contributed by atoms with Crippen LogP contribution in [0.2, 0.25) is 0 Å². The smallest absolute Gasteiger partial charge is 0.475 e. The molecule has 0 aliphatic carbocycles. The van der Waals surface area contributed by atoms with Gasteiger partial charge >= 0.3 is 12.1 Å². The van der Waals surface area contributed by atoms with E-state index in [1.165, 1.54) is 18.7 Å². The average Bonchev–Trinajstić information content (AvgIpc) is 2.73. The van der Waals surface area contributed by atoms with Gasteiger partial charge in [0.1, 0.15) is 12.4 Å². The Kier molecular flexibility index (Phi) is 8.25. The van der Waals surface area contributed by atoms with Gasteiger partial charge in [-0.05, 0) is 31.4 Å². The molecule has 0 saturated carbocycles. The zero-order chi connectivity index (χ0) is 23.0. The van der Waals surface area contributed by atoms with E-state index in [4.69, 9.17) is 20.4 Å². The molecular formula is C19H22F3N5O4. The molecule has 3 rings (SSSR count). The van der Waals surface area contributed by atoms with Crippen molar-refractivity contribution in [1.29, 1.82) is 0 Å². The number of aryl methyl sites for hydroxylation is 1. The standard InChI is InChI=1S/C17H21N5O2.C2HF3O2/c1-12-5-13(7-18)6-16(21-12)24-15-3-2-4-22(10-15)17(23)14-8-19-11-20-9-14;3-2(4,5)1(6)7/h5-6,8-9,11,15H,2-4,7,10,18H2,1H3;(H,6,7)/t15-;/m0./s1. The number of nitrogens with zero attached hydrogens (tertiary/aromatic N) is 4. The highest BCUT2D eigenvalue weighted by molar-refractivity contribution is 5.93. The van der Waals surface area contributed by atoms with Crippen molar-refractivity contribution < 1.29 is 32.6 Å². The van der Waals surface area contributed by atoms with Crippen LogP contribution in [0, 0.1) is 6.92 Å². The van der Waals surface area contributed by atoms with Gasteiger partial charge in [0.15, 0.2) is 0 Å². The van der Waals surface area contributed by atoms with Crippen molar-refractivity contribution in [3.63, 3.8) is 0 Å². The van der Waals surface area contributed by atoms with Crippen LogP contribution in [0.4, 0.5) is 13.2 Å². The molecule has 1 aliphatic heterocycles. The Morgan fingerprint density at radius 3 is 2.52 bits per heavy atom. The Hall–Kier alpha value is -3.28. The maximum absolute atomic E-state index is 12.5. The highest BCUT2D eigenvalue weighted by Gasteiger charge is 2.38. The molecular weight excluding hydrogens is 419 g/mol. The van der Waals surface area contributed by atoms with E-state index in [0.717, 1.165) is 24.1 Å². The minimum absolute atomic E-state index is 0.0660. The van der Waals surface area contributed by atoms with Crippen LogP contribution in [-0.4, -0.2) is 62.2 Å². The zero-order valence-corrected chi connectivity index (χ0v) is 16.7. The number of alkyl halides is 3. The number of carbonyl (C=O) groups excluding carboxylic acids is 1. The summed E-state index contributed by atoms with van der Waals surface area (Å²) in [5.41, 5.74) is 8.06. The molecule has 12 heteroatoms. The number of nitrogens with two attached hydrogens (primary N) is 1. The summed E-state index contributed by atoms with van der Waals surface area (Å²) < 4.78 is 37.7. The molecule has 1 aliphatic rings. The van der Waals surface area contributed by atoms with Crippen LogP contribution in [0.15, 0.2) is 30.9 Å². The van der Waals surface area contributed by atoms with Gasteiger partial charge in [-0.2, -0.15) is 13.2 Å². The van der Waals surface area contributed by atoms with Crippen molar-refractivity contribution in [2.24, 2.45) is 5.73 Å². The maximum Gasteiger partial charge on any atom is 0.490 e. The number of piperidine rings is 1. The topological polar surface area (TPSA) is 132 Å². The number of hydrogen-bond acceptors (Lipinski definition) is 7. The Morgan fingerprint density at radius 2 is 1.94 bits per heavy atom. The second kappa shape index (κ2) is 10.7. The van der Waals surface area contributed by atoms with Gasteiger partial charge < -0.3 is 20.5 Å². The molecule has 3 N–H and O–H groups in total. The molecule has 0 bridgehead atoms. The Balaban J connectivity index is 0.000000423. The lowest BCUT2D eigenvalue weighted by Crippen LogP contribution is -2.44. The van der Waals surface area contributed by atoms with Crippen LogP contribution in [0.3, 0.4) is 0 Å². The Bertz CT molecular complexity index is 896. The first kappa shape index (κ1) is 24.0. The Labute approximate surface area is 176 Å². The van der Waals surface area contributed by atoms with E-state index in [1.807, 2.05) is 19.1 Å². The third kappa shape index (κ3) is 7.48. The monoisotopic (exact) mass is 441 g/mol. The number of carbonyl (C=O) groups is 2. The fraction of sp³-hybridized carbons (Fsp3) is 0.421. The SMILES string of the molecule is Cc1cc(CN)cc(O[C@H]2CCCN(C(=O)c3cncnc3)C2)n1.O=C(O)C(F)(F)F. The number of halogens is 3. The minimum atomic E-state index is -5.08. The van der Waals surface area contributed by atoms with Crippen LogP contribution in [-0.2, 0) is 11.3 Å². The van der Waals surface area contributed by atoms with Crippen LogP contribution < -0.4 is 10.5 Å². The van der Waals surface area contributed by atoms with E-state index in [9.17, 15) is 18.0 Å². The van der Waals surface area contributed by atoms with Crippen LogP contribution in [0.25, 0.3) is 0 Å². The summed E-state index contributed by atoms with van der Waals surface area (Å²) >= 11 is 0. The van der Waals surface area contributed by atoms with Crippen LogP contribution in [0.5, 0.6) is 5.88 Å². The lowest BCUT2D eigenvalue weighted by Gasteiger charge is -2.32. The van der Waals surface area contributed by atoms with Crippen molar-refractivity contribution in [2.75, 3.05) is 13.1 Å². The summed E-state index contributed by atoms with van der Waals surface area (Å²) in [7, 11) is 0. The first-order valence-corrected chi connectivity index (χ1v) is 9.29. The zero-order valence-electron chi connectivity index (χ0n) is 16.7. The van der Waals surface area contributed by atoms with Gasteiger partial charge in [0.25, 0.3) is 5.91 Å². The Morgan fingerprint density at radius 1 is 1.29 bits per heavy atom. The molecule has 31 heavy (non-hydrogen) atoms. The van der Waals surface area contributed by atoms with E-state index in [1.54, 1.807) is 4.90 Å². The molecule has 3 heterocycles. The van der Waals surface area contributed by atoms with Crippen molar-refractivity contribution in [1.82, 2.24) is 19.9 Å². The quantitative estimate of drug-likeness (QED) is 0.736. The number of amides is 1. The van der Waals surface area contributed by atoms with Gasteiger partial charge in [0.05, 0.1) is 12.1 Å². The van der Waals surface area contributed by atoms with Crippen LogP contribution >= 0.6 is 0 Å². The predicted octanol–water partition coefficient (Wildman–Crippen LogP) is 1.96. The molecule has 0 radical (unpaired) electrons. The molecule has 168 valence electrons. The predicted molar refractivity (Wildman–Crippen MR) is 102 cm³/mol. The second-order valence-corrected chi connectivity index (χ2v) is 6.72. The molecule has 2 aromatic rings. The number of likely N-dealkylation sites (tertiary alicyclic amines) is 1. The number of ether oxygens (including phenoxy) is 1. The maximum atomic E-state index is 12.5. The summed E-state index contributed by atoms with van der Waals surface area (Å²) in [6.45, 7) is 3.60. The summed E-state index contributed by atoms with van der Waals surface area (Å²) in [5, 5.41) is 7.12. The molecule has 1 amide bonds. The van der Waals surface area contributed by atoms with Crippen molar-refractivity contribution in [2.45, 2.75) is 38.6 Å². The molecule has 1 atom stereocenters. The first-order valence-electron chi connectivity index (χ1n) is 9.29. The van der Waals surface area contributed by atoms with Crippen molar-refractivity contribution in [3.05, 3.63) is 47.7 Å². The fourth-order valence-corrected chi connectivity index (χ4v) is 2.87. The number of carboxylic acid groups (broad SMARTS) is 1. The van der Waals surface area contributed by atoms with Crippen LogP contribution in [0.1, 0.15) is 34.5 Å². The largest absolute Gasteiger partial charge is 0.490 e. The number of carboxylic acids is 1. The number of hydrogen-bond donors (Lipinski definition) is 2.